The second kappa shape index (κ2) is 12.2. The number of nitrogens with one attached hydrogen (secondary N) is 3. The molecule has 0 spiro atoms. The first kappa shape index (κ1) is 25.3. The molecular formula is C25H30N6O4. The molecule has 3 rings (SSSR count). The maximum absolute atomic E-state index is 13.3. The molecule has 1 heterocycles. The molecule has 0 aliphatic carbocycles. The number of H-pyrrole nitrogens is 1. The van der Waals surface area contributed by atoms with E-state index in [9.17, 15) is 14.4 Å². The molecule has 0 saturated heterocycles. The third kappa shape index (κ3) is 7.07. The molecule has 2 amide bonds. The zero-order chi connectivity index (χ0) is 25.2. The van der Waals surface area contributed by atoms with E-state index in [1.807, 2.05) is 30.5 Å². The number of hydrogen-bond donors (Lipinski definition) is 5. The molecule has 0 unspecified atom stereocenters. The molecule has 2 atom stereocenters. The van der Waals surface area contributed by atoms with Gasteiger partial charge in [0.1, 0.15) is 12.1 Å². The number of guanidine groups is 1. The van der Waals surface area contributed by atoms with Gasteiger partial charge >= 0.3 is 5.97 Å². The van der Waals surface area contributed by atoms with Gasteiger partial charge in [-0.1, -0.05) is 36.4 Å². The number of esters is 1. The number of aliphatic imine (C=N–C) groups is 1. The van der Waals surface area contributed by atoms with Gasteiger partial charge in [0.15, 0.2) is 5.96 Å². The molecule has 1 aromatic heterocycles. The van der Waals surface area contributed by atoms with Gasteiger partial charge in [-0.3, -0.25) is 14.6 Å². The van der Waals surface area contributed by atoms with Crippen molar-refractivity contribution in [3.05, 3.63) is 71.9 Å². The maximum Gasteiger partial charge on any atom is 0.328 e. The van der Waals surface area contributed by atoms with Crippen LogP contribution in [0.2, 0.25) is 0 Å². The summed E-state index contributed by atoms with van der Waals surface area (Å²) in [6, 6.07) is 14.4. The van der Waals surface area contributed by atoms with E-state index in [1.165, 1.54) is 7.11 Å². The predicted octanol–water partition coefficient (Wildman–Crippen LogP) is 1.22. The molecule has 0 bridgehead atoms. The summed E-state index contributed by atoms with van der Waals surface area (Å²) < 4.78 is 4.85. The summed E-state index contributed by atoms with van der Waals surface area (Å²) in [4.78, 5) is 45.6. The van der Waals surface area contributed by atoms with E-state index in [0.717, 1.165) is 16.5 Å². The van der Waals surface area contributed by atoms with Crippen LogP contribution >= 0.6 is 0 Å². The number of methoxy groups -OCH3 is 1. The first-order valence-electron chi connectivity index (χ1n) is 11.2. The van der Waals surface area contributed by atoms with E-state index >= 15 is 0 Å². The Morgan fingerprint density at radius 1 is 1.00 bits per heavy atom. The van der Waals surface area contributed by atoms with Crippen LogP contribution in [0.1, 0.15) is 28.8 Å². The first-order chi connectivity index (χ1) is 16.9. The third-order valence-electron chi connectivity index (χ3n) is 5.50. The van der Waals surface area contributed by atoms with E-state index in [-0.39, 0.29) is 18.8 Å². The van der Waals surface area contributed by atoms with E-state index in [0.29, 0.717) is 18.5 Å². The Labute approximate surface area is 203 Å². The number of fused-ring (bicyclic) bond motifs is 1. The van der Waals surface area contributed by atoms with Crippen molar-refractivity contribution in [1.82, 2.24) is 15.6 Å². The number of amides is 2. The average Bonchev–Trinajstić information content (AvgIpc) is 3.28. The molecule has 7 N–H and O–H groups in total. The summed E-state index contributed by atoms with van der Waals surface area (Å²) in [5.41, 5.74) is 12.9. The fourth-order valence-electron chi connectivity index (χ4n) is 3.73. The fraction of sp³-hybridized carbons (Fsp3) is 0.280. The van der Waals surface area contributed by atoms with E-state index in [1.54, 1.807) is 30.3 Å². The Kier molecular flexibility index (Phi) is 8.82. The molecule has 10 nitrogen and oxygen atoms in total. The van der Waals surface area contributed by atoms with Crippen LogP contribution in [0.25, 0.3) is 10.9 Å². The monoisotopic (exact) mass is 478 g/mol. The van der Waals surface area contributed by atoms with Crippen LogP contribution in [0, 0.1) is 0 Å². The summed E-state index contributed by atoms with van der Waals surface area (Å²) in [5.74, 6) is -1.54. The zero-order valence-electron chi connectivity index (χ0n) is 19.5. The molecule has 3 aromatic rings. The first-order valence-corrected chi connectivity index (χ1v) is 11.2. The minimum Gasteiger partial charge on any atom is -0.467 e. The molecular weight excluding hydrogens is 448 g/mol. The van der Waals surface area contributed by atoms with Gasteiger partial charge in [0.2, 0.25) is 5.91 Å². The lowest BCUT2D eigenvalue weighted by molar-refractivity contribution is -0.145. The number of aromatic amines is 1. The fourth-order valence-corrected chi connectivity index (χ4v) is 3.73. The van der Waals surface area contributed by atoms with Gasteiger partial charge in [0.25, 0.3) is 5.91 Å². The minimum atomic E-state index is -0.938. The highest BCUT2D eigenvalue weighted by Gasteiger charge is 2.28. The number of ether oxygens (including phenoxy) is 1. The lowest BCUT2D eigenvalue weighted by Crippen LogP contribution is -2.52. The van der Waals surface area contributed by atoms with Gasteiger partial charge in [0.05, 0.1) is 7.11 Å². The number of rotatable bonds is 11. The van der Waals surface area contributed by atoms with Gasteiger partial charge < -0.3 is 31.8 Å². The predicted molar refractivity (Wildman–Crippen MR) is 134 cm³/mol. The van der Waals surface area contributed by atoms with Crippen molar-refractivity contribution in [2.24, 2.45) is 16.5 Å². The van der Waals surface area contributed by atoms with E-state index < -0.39 is 29.9 Å². The largest absolute Gasteiger partial charge is 0.467 e. The van der Waals surface area contributed by atoms with Crippen LogP contribution in [-0.2, 0) is 20.7 Å². The van der Waals surface area contributed by atoms with Crippen LogP contribution in [0.3, 0.4) is 0 Å². The standard InChI is InChI=1S/C25H30N6O4/c1-35-24(34)20(12-7-13-28-25(26)27)30-23(33)21(31-22(32)16-8-3-2-4-9-16)14-17-15-29-19-11-6-5-10-18(17)19/h2-6,8-11,15,20-21,29H,7,12-14H2,1H3,(H,30,33)(H,31,32)(H4,26,27,28)/t20-,21-/m0/s1. The molecule has 0 fully saturated rings. The lowest BCUT2D eigenvalue weighted by Gasteiger charge is -2.22. The smallest absolute Gasteiger partial charge is 0.328 e. The average molecular weight is 479 g/mol. The zero-order valence-corrected chi connectivity index (χ0v) is 19.5. The summed E-state index contributed by atoms with van der Waals surface area (Å²) in [6.45, 7) is 0.301. The summed E-state index contributed by atoms with van der Waals surface area (Å²) >= 11 is 0. The number of para-hydroxylation sites is 1. The van der Waals surface area contributed by atoms with Crippen LogP contribution in [-0.4, -0.2) is 54.5 Å². The van der Waals surface area contributed by atoms with Crippen LogP contribution in [0.5, 0.6) is 0 Å². The summed E-state index contributed by atoms with van der Waals surface area (Å²) in [7, 11) is 1.25. The third-order valence-corrected chi connectivity index (χ3v) is 5.50. The highest BCUT2D eigenvalue weighted by Crippen LogP contribution is 2.19. The molecule has 2 aromatic carbocycles. The van der Waals surface area contributed by atoms with Crippen LogP contribution in [0.4, 0.5) is 0 Å². The Balaban J connectivity index is 1.80. The van der Waals surface area contributed by atoms with Crippen LogP contribution in [0.15, 0.2) is 65.8 Å². The van der Waals surface area contributed by atoms with E-state index in [2.05, 4.69) is 20.6 Å². The second-order valence-corrected chi connectivity index (χ2v) is 7.99. The lowest BCUT2D eigenvalue weighted by atomic mass is 10.0. The summed E-state index contributed by atoms with van der Waals surface area (Å²) in [6.07, 6.45) is 2.74. The second-order valence-electron chi connectivity index (χ2n) is 7.99. The van der Waals surface area contributed by atoms with Crippen molar-refractivity contribution in [1.29, 1.82) is 0 Å². The molecule has 35 heavy (non-hydrogen) atoms. The van der Waals surface area contributed by atoms with Gasteiger partial charge in [-0.05, 0) is 36.6 Å². The maximum atomic E-state index is 13.3. The molecule has 0 radical (unpaired) electrons. The highest BCUT2D eigenvalue weighted by molar-refractivity contribution is 5.98. The number of benzene rings is 2. The molecule has 0 saturated carbocycles. The minimum absolute atomic E-state index is 0.0499. The Bertz CT molecular complexity index is 1190. The Morgan fingerprint density at radius 3 is 2.43 bits per heavy atom. The van der Waals surface area contributed by atoms with Gasteiger partial charge in [-0.2, -0.15) is 0 Å². The van der Waals surface area contributed by atoms with Crippen molar-refractivity contribution in [2.75, 3.05) is 13.7 Å². The van der Waals surface area contributed by atoms with Crippen molar-refractivity contribution in [3.63, 3.8) is 0 Å². The number of nitrogens with zero attached hydrogens (tertiary/aromatic N) is 1. The van der Waals surface area contributed by atoms with Crippen LogP contribution < -0.4 is 22.1 Å². The number of carbonyl (C=O) groups is 3. The number of hydrogen-bond acceptors (Lipinski definition) is 5. The van der Waals surface area contributed by atoms with Gasteiger partial charge in [0, 0.05) is 35.6 Å². The molecule has 184 valence electrons. The normalized spacial score (nSPS) is 12.4. The van der Waals surface area contributed by atoms with Crippen molar-refractivity contribution < 1.29 is 19.1 Å². The molecule has 0 aliphatic rings. The number of nitrogens with two attached hydrogens (primary N) is 2. The highest BCUT2D eigenvalue weighted by atomic mass is 16.5. The topological polar surface area (TPSA) is 165 Å². The van der Waals surface area contributed by atoms with Crippen molar-refractivity contribution in [2.45, 2.75) is 31.3 Å². The number of aromatic nitrogens is 1. The van der Waals surface area contributed by atoms with Gasteiger partial charge in [-0.15, -0.1) is 0 Å². The quantitative estimate of drug-likeness (QED) is 0.120. The van der Waals surface area contributed by atoms with Gasteiger partial charge in [-0.25, -0.2) is 4.79 Å². The molecule has 0 aliphatic heterocycles. The van der Waals surface area contributed by atoms with Crippen molar-refractivity contribution >= 4 is 34.6 Å². The SMILES string of the molecule is COC(=O)[C@H](CCCN=C(N)N)NC(=O)[C@H](Cc1c[nH]c2ccccc12)NC(=O)c1ccccc1. The Hall–Kier alpha value is -4.34. The van der Waals surface area contributed by atoms with Crippen molar-refractivity contribution in [3.8, 4) is 0 Å². The Morgan fingerprint density at radius 2 is 1.71 bits per heavy atom. The summed E-state index contributed by atoms with van der Waals surface area (Å²) in [5, 5.41) is 6.48. The van der Waals surface area contributed by atoms with E-state index in [4.69, 9.17) is 16.2 Å². The molecule has 10 heteroatoms. The number of carbonyl (C=O) groups excluding carboxylic acids is 3.